The minimum atomic E-state index is -0.344. The van der Waals surface area contributed by atoms with Gasteiger partial charge >= 0.3 is 0 Å². The van der Waals surface area contributed by atoms with Crippen molar-refractivity contribution >= 4 is 0 Å². The van der Waals surface area contributed by atoms with E-state index in [1.165, 1.54) is 37.7 Å². The Balaban J connectivity index is 1.80. The molecule has 2 rings (SSSR count). The highest BCUT2D eigenvalue weighted by atomic mass is 16.3. The lowest BCUT2D eigenvalue weighted by Gasteiger charge is -2.33. The third-order valence-corrected chi connectivity index (χ3v) is 4.74. The van der Waals surface area contributed by atoms with Gasteiger partial charge in [-0.25, -0.2) is 0 Å². The van der Waals surface area contributed by atoms with Crippen molar-refractivity contribution in [2.75, 3.05) is 19.6 Å². The lowest BCUT2D eigenvalue weighted by atomic mass is 9.92. The minimum absolute atomic E-state index is 0.344. The van der Waals surface area contributed by atoms with Gasteiger partial charge in [0.2, 0.25) is 0 Å². The molecule has 21 heavy (non-hydrogen) atoms. The van der Waals surface area contributed by atoms with Crippen molar-refractivity contribution in [2.24, 2.45) is 5.92 Å². The van der Waals surface area contributed by atoms with Gasteiger partial charge in [0.05, 0.1) is 6.10 Å². The number of nitrogens with zero attached hydrogens (tertiary/aromatic N) is 1. The second-order valence-corrected chi connectivity index (χ2v) is 6.54. The van der Waals surface area contributed by atoms with Gasteiger partial charge < -0.3 is 10.0 Å². The molecule has 0 aliphatic carbocycles. The summed E-state index contributed by atoms with van der Waals surface area (Å²) in [6.07, 6.45) is 7.23. The summed E-state index contributed by atoms with van der Waals surface area (Å²) in [5.74, 6) is 0.914. The molecule has 1 atom stereocenters. The van der Waals surface area contributed by atoms with Gasteiger partial charge in [0, 0.05) is 6.54 Å². The van der Waals surface area contributed by atoms with Gasteiger partial charge in [0.15, 0.2) is 0 Å². The van der Waals surface area contributed by atoms with Crippen molar-refractivity contribution in [3.63, 3.8) is 0 Å². The summed E-state index contributed by atoms with van der Waals surface area (Å²) in [4.78, 5) is 2.43. The molecule has 1 fully saturated rings. The normalized spacial score (nSPS) is 18.8. The van der Waals surface area contributed by atoms with E-state index in [4.69, 9.17) is 0 Å². The fourth-order valence-corrected chi connectivity index (χ4v) is 3.41. The number of hydrogen-bond donors (Lipinski definition) is 1. The van der Waals surface area contributed by atoms with E-state index in [1.54, 1.807) is 0 Å². The van der Waals surface area contributed by atoms with Crippen LogP contribution in [-0.2, 0) is 6.42 Å². The quantitative estimate of drug-likeness (QED) is 0.814. The first-order valence-electron chi connectivity index (χ1n) is 8.72. The second kappa shape index (κ2) is 8.55. The fourth-order valence-electron chi connectivity index (χ4n) is 3.41. The molecular formula is C19H31NO. The molecule has 1 N–H and O–H groups in total. The van der Waals surface area contributed by atoms with Crippen LogP contribution in [0, 0.1) is 5.92 Å². The van der Waals surface area contributed by atoms with E-state index in [9.17, 15) is 5.11 Å². The molecule has 0 bridgehead atoms. The van der Waals surface area contributed by atoms with Crippen molar-refractivity contribution in [1.82, 2.24) is 4.90 Å². The van der Waals surface area contributed by atoms with E-state index in [0.29, 0.717) is 0 Å². The number of likely N-dealkylation sites (tertiary alicyclic amines) is 1. The molecule has 0 radical (unpaired) electrons. The zero-order chi connectivity index (χ0) is 15.1. The van der Waals surface area contributed by atoms with Gasteiger partial charge in [-0.15, -0.1) is 0 Å². The van der Waals surface area contributed by atoms with Crippen molar-refractivity contribution in [3.05, 3.63) is 35.4 Å². The molecular weight excluding hydrogens is 258 g/mol. The predicted molar refractivity (Wildman–Crippen MR) is 89.5 cm³/mol. The van der Waals surface area contributed by atoms with Crippen molar-refractivity contribution in [1.29, 1.82) is 0 Å². The Morgan fingerprint density at radius 1 is 1.10 bits per heavy atom. The Bertz CT molecular complexity index is 393. The summed E-state index contributed by atoms with van der Waals surface area (Å²) >= 11 is 0. The molecule has 1 aliphatic rings. The van der Waals surface area contributed by atoms with Crippen molar-refractivity contribution in [2.45, 2.75) is 58.5 Å². The van der Waals surface area contributed by atoms with Crippen LogP contribution in [0.15, 0.2) is 24.3 Å². The lowest BCUT2D eigenvalue weighted by molar-refractivity contribution is 0.0879. The average molecular weight is 289 g/mol. The third kappa shape index (κ3) is 5.12. The SMILES string of the molecule is CCCc1ccc(C(O)CN2CCC(CCC)CC2)cc1. The molecule has 0 amide bonds. The topological polar surface area (TPSA) is 23.5 Å². The van der Waals surface area contributed by atoms with Gasteiger partial charge in [0.1, 0.15) is 0 Å². The monoisotopic (exact) mass is 289 g/mol. The van der Waals surface area contributed by atoms with E-state index in [-0.39, 0.29) is 6.10 Å². The predicted octanol–water partition coefficient (Wildman–Crippen LogP) is 4.18. The Hall–Kier alpha value is -0.860. The van der Waals surface area contributed by atoms with Gasteiger partial charge in [0.25, 0.3) is 0 Å². The number of aliphatic hydroxyl groups excluding tert-OH is 1. The molecule has 1 aromatic rings. The highest BCUT2D eigenvalue weighted by molar-refractivity contribution is 5.24. The molecule has 118 valence electrons. The van der Waals surface area contributed by atoms with E-state index in [0.717, 1.165) is 37.5 Å². The first-order valence-corrected chi connectivity index (χ1v) is 8.72. The number of β-amino-alcohol motifs (C(OH)–C–C–N with tert-alkyl or cyclic N) is 1. The second-order valence-electron chi connectivity index (χ2n) is 6.54. The van der Waals surface area contributed by atoms with E-state index in [2.05, 4.69) is 43.0 Å². The third-order valence-electron chi connectivity index (χ3n) is 4.74. The van der Waals surface area contributed by atoms with Crippen LogP contribution in [0.5, 0.6) is 0 Å². The molecule has 2 nitrogen and oxygen atoms in total. The van der Waals surface area contributed by atoms with Crippen molar-refractivity contribution in [3.8, 4) is 0 Å². The number of aryl methyl sites for hydroxylation is 1. The van der Waals surface area contributed by atoms with Crippen LogP contribution in [0.25, 0.3) is 0 Å². The molecule has 1 heterocycles. The molecule has 0 spiro atoms. The Morgan fingerprint density at radius 2 is 1.76 bits per heavy atom. The smallest absolute Gasteiger partial charge is 0.0916 e. The summed E-state index contributed by atoms with van der Waals surface area (Å²) < 4.78 is 0. The van der Waals surface area contributed by atoms with Gasteiger partial charge in [-0.05, 0) is 49.4 Å². The van der Waals surface area contributed by atoms with Crippen LogP contribution in [-0.4, -0.2) is 29.6 Å². The number of benzene rings is 1. The largest absolute Gasteiger partial charge is 0.387 e. The highest BCUT2D eigenvalue weighted by Gasteiger charge is 2.20. The molecule has 1 aromatic carbocycles. The molecule has 0 saturated carbocycles. The van der Waals surface area contributed by atoms with E-state index in [1.807, 2.05) is 0 Å². The molecule has 1 unspecified atom stereocenters. The van der Waals surface area contributed by atoms with Crippen LogP contribution < -0.4 is 0 Å². The van der Waals surface area contributed by atoms with Crippen molar-refractivity contribution < 1.29 is 5.11 Å². The number of piperidine rings is 1. The molecule has 2 heteroatoms. The maximum absolute atomic E-state index is 10.4. The Labute approximate surface area is 130 Å². The molecule has 1 saturated heterocycles. The summed E-state index contributed by atoms with van der Waals surface area (Å²) in [5.41, 5.74) is 2.43. The van der Waals surface area contributed by atoms with Crippen LogP contribution in [0.2, 0.25) is 0 Å². The maximum atomic E-state index is 10.4. The zero-order valence-electron chi connectivity index (χ0n) is 13.7. The molecule has 1 aliphatic heterocycles. The molecule has 0 aromatic heterocycles. The summed E-state index contributed by atoms with van der Waals surface area (Å²) in [7, 11) is 0. The Kier molecular flexibility index (Phi) is 6.72. The van der Waals surface area contributed by atoms with Crippen LogP contribution in [0.3, 0.4) is 0 Å². The van der Waals surface area contributed by atoms with Gasteiger partial charge in [-0.3, -0.25) is 0 Å². The first-order chi connectivity index (χ1) is 10.2. The summed E-state index contributed by atoms with van der Waals surface area (Å²) in [5, 5.41) is 10.4. The number of aliphatic hydroxyl groups is 1. The van der Waals surface area contributed by atoms with Crippen LogP contribution in [0.1, 0.15) is 63.2 Å². The lowest BCUT2D eigenvalue weighted by Crippen LogP contribution is -2.36. The van der Waals surface area contributed by atoms with Crippen LogP contribution in [0.4, 0.5) is 0 Å². The highest BCUT2D eigenvalue weighted by Crippen LogP contribution is 2.24. The van der Waals surface area contributed by atoms with Crippen LogP contribution >= 0.6 is 0 Å². The number of rotatable bonds is 7. The minimum Gasteiger partial charge on any atom is -0.387 e. The zero-order valence-corrected chi connectivity index (χ0v) is 13.7. The standard InChI is InChI=1S/C19H31NO/c1-3-5-16-7-9-18(10-8-16)19(21)15-20-13-11-17(6-4-2)12-14-20/h7-10,17,19,21H,3-6,11-15H2,1-2H3. The fraction of sp³-hybridized carbons (Fsp3) is 0.684. The van der Waals surface area contributed by atoms with Gasteiger partial charge in [-0.2, -0.15) is 0 Å². The number of hydrogen-bond acceptors (Lipinski definition) is 2. The van der Waals surface area contributed by atoms with E-state index >= 15 is 0 Å². The van der Waals surface area contributed by atoms with Gasteiger partial charge in [-0.1, -0.05) is 57.4 Å². The summed E-state index contributed by atoms with van der Waals surface area (Å²) in [6.45, 7) is 7.56. The first kappa shape index (κ1) is 16.5. The van der Waals surface area contributed by atoms with E-state index < -0.39 is 0 Å². The maximum Gasteiger partial charge on any atom is 0.0916 e. The summed E-state index contributed by atoms with van der Waals surface area (Å²) in [6, 6.07) is 8.52. The average Bonchev–Trinajstić information content (AvgIpc) is 2.50. The Morgan fingerprint density at radius 3 is 2.33 bits per heavy atom.